The van der Waals surface area contributed by atoms with E-state index in [9.17, 15) is 0 Å². The van der Waals surface area contributed by atoms with Crippen LogP contribution in [-0.4, -0.2) is 6.94 Å². The van der Waals surface area contributed by atoms with E-state index >= 15 is 0 Å². The van der Waals surface area contributed by atoms with Crippen molar-refractivity contribution in [3.05, 3.63) is 130 Å². The molecule has 0 aliphatic heterocycles. The second-order valence-corrected chi connectivity index (χ2v) is 102. The molecular formula is C43H54HfSi. The molecule has 45 heavy (non-hydrogen) atoms. The number of rotatable bonds is 5. The van der Waals surface area contributed by atoms with Crippen LogP contribution in [0.15, 0.2) is 97.1 Å². The Morgan fingerprint density at radius 2 is 0.911 bits per heavy atom. The van der Waals surface area contributed by atoms with Gasteiger partial charge in [-0.3, -0.25) is 0 Å². The summed E-state index contributed by atoms with van der Waals surface area (Å²) >= 11 is -4.85. The van der Waals surface area contributed by atoms with E-state index in [4.69, 9.17) is 0 Å². The summed E-state index contributed by atoms with van der Waals surface area (Å²) in [6.07, 6.45) is 10.2. The third-order valence-corrected chi connectivity index (χ3v) is 62.4. The van der Waals surface area contributed by atoms with Crippen LogP contribution < -0.4 is 0 Å². The van der Waals surface area contributed by atoms with Crippen LogP contribution in [0.5, 0.6) is 0 Å². The fourth-order valence-electron chi connectivity index (χ4n) is 8.62. The molecule has 4 aromatic rings. The summed E-state index contributed by atoms with van der Waals surface area (Å²) in [6.45, 7) is 18.7. The third-order valence-electron chi connectivity index (χ3n) is 12.8. The van der Waals surface area contributed by atoms with Gasteiger partial charge in [-0.1, -0.05) is 0 Å². The Morgan fingerprint density at radius 3 is 1.22 bits per heavy atom. The van der Waals surface area contributed by atoms with Gasteiger partial charge in [-0.05, 0) is 0 Å². The zero-order valence-corrected chi connectivity index (χ0v) is 34.5. The van der Waals surface area contributed by atoms with Crippen LogP contribution in [0.25, 0.3) is 34.4 Å². The Labute approximate surface area is 269 Å². The molecule has 2 unspecified atom stereocenters. The summed E-state index contributed by atoms with van der Waals surface area (Å²) in [7, 11) is 0. The predicted octanol–water partition coefficient (Wildman–Crippen LogP) is 12.3. The predicted molar refractivity (Wildman–Crippen MR) is 201 cm³/mol. The monoisotopic (exact) mass is 778 g/mol. The molecule has 0 saturated carbocycles. The Balaban J connectivity index is 1.47. The van der Waals surface area contributed by atoms with Crippen molar-refractivity contribution in [3.8, 4) is 22.3 Å². The second kappa shape index (κ2) is 9.29. The first kappa shape index (κ1) is 32.4. The van der Waals surface area contributed by atoms with Crippen molar-refractivity contribution in [3.63, 3.8) is 0 Å². The van der Waals surface area contributed by atoms with E-state index in [2.05, 4.69) is 179 Å². The molecule has 2 atom stereocenters. The van der Waals surface area contributed by atoms with Crippen molar-refractivity contribution in [2.45, 2.75) is 84.9 Å². The number of fused-ring (bicyclic) bond motifs is 2. The molecule has 2 aliphatic carbocycles. The summed E-state index contributed by atoms with van der Waals surface area (Å²) in [5, 5.41) is 0. The van der Waals surface area contributed by atoms with E-state index in [-0.39, 0.29) is 10.8 Å². The zero-order valence-electron chi connectivity index (χ0n) is 29.5. The van der Waals surface area contributed by atoms with E-state index < -0.39 is 14.2 Å². The normalized spacial score (nSPS) is 20.2. The van der Waals surface area contributed by atoms with E-state index in [1.54, 1.807) is 0 Å². The van der Waals surface area contributed by atoms with Crippen molar-refractivity contribution in [1.82, 2.24) is 0 Å². The number of hydrogen-bond acceptors (Lipinski definition) is 0. The van der Waals surface area contributed by atoms with Crippen molar-refractivity contribution in [2.75, 3.05) is 0 Å². The fourth-order valence-corrected chi connectivity index (χ4v) is 39.6. The topological polar surface area (TPSA) is 0 Å². The molecule has 0 saturated heterocycles. The van der Waals surface area contributed by atoms with Gasteiger partial charge >= 0.3 is 271 Å². The van der Waals surface area contributed by atoms with Crippen molar-refractivity contribution < 1.29 is 14.2 Å². The Bertz CT molecular complexity index is 1880. The molecule has 0 nitrogen and oxygen atoms in total. The maximum atomic E-state index is 2.78. The van der Waals surface area contributed by atoms with Gasteiger partial charge in [0.05, 0.1) is 0 Å². The molecule has 0 spiro atoms. The molecule has 0 radical (unpaired) electrons. The van der Waals surface area contributed by atoms with Gasteiger partial charge in [0.1, 0.15) is 0 Å². The summed E-state index contributed by atoms with van der Waals surface area (Å²) < 4.78 is 10.4. The molecule has 2 heteroatoms. The quantitative estimate of drug-likeness (QED) is 0.177. The maximum absolute atomic E-state index is 4.85. The minimum atomic E-state index is -4.85. The molecule has 0 heterocycles. The number of benzene rings is 4. The van der Waals surface area contributed by atoms with Crippen LogP contribution in [0.2, 0.25) is 18.2 Å². The van der Waals surface area contributed by atoms with Crippen molar-refractivity contribution >= 4 is 19.1 Å². The molecule has 0 amide bonds. The SMILES string of the molecule is C[CH2][Hf]([CH3])([CH3])([CH3])(=[SiH2])([CH]1C=Cc2c(-c3ccc(C(C)(C)C)cc3)cccc21)[CH]1C=Cc2c(-c3ccc(C(C)(C)C)cc3)cccc21. The molecule has 0 fully saturated rings. The first-order valence-corrected chi connectivity index (χ1v) is 42.9. The van der Waals surface area contributed by atoms with Gasteiger partial charge < -0.3 is 0 Å². The van der Waals surface area contributed by atoms with E-state index in [1.807, 2.05) is 0 Å². The summed E-state index contributed by atoms with van der Waals surface area (Å²) in [5.74, 6) is 0. The molecule has 0 N–H and O–H groups in total. The average Bonchev–Trinajstić information content (AvgIpc) is 3.63. The van der Waals surface area contributed by atoms with Crippen LogP contribution in [0.1, 0.15) is 89.2 Å². The Kier molecular flexibility index (Phi) is 6.68. The van der Waals surface area contributed by atoms with Gasteiger partial charge in [-0.15, -0.1) is 0 Å². The second-order valence-electron chi connectivity index (χ2n) is 19.9. The van der Waals surface area contributed by atoms with E-state index in [0.717, 1.165) is 0 Å². The Hall–Kier alpha value is -2.55. The number of hydrogen-bond donors (Lipinski definition) is 0. The third kappa shape index (κ3) is 5.01. The zero-order chi connectivity index (χ0) is 32.7. The molecule has 6 rings (SSSR count). The molecule has 2 aliphatic rings. The Morgan fingerprint density at radius 1 is 0.556 bits per heavy atom. The van der Waals surface area contributed by atoms with Crippen LogP contribution in [-0.2, 0) is 25.0 Å². The first-order valence-electron chi connectivity index (χ1n) is 17.1. The molecule has 4 aromatic carbocycles. The van der Waals surface area contributed by atoms with E-state index in [0.29, 0.717) is 7.35 Å². The molecule has 0 bridgehead atoms. The molecule has 0 aromatic heterocycles. The fraction of sp³-hybridized carbons (Fsp3) is 0.349. The van der Waals surface area contributed by atoms with Gasteiger partial charge in [-0.2, -0.15) is 0 Å². The average molecular weight is 777 g/mol. The van der Waals surface area contributed by atoms with Crippen molar-refractivity contribution in [2.24, 2.45) is 0 Å². The molecular weight excluding hydrogens is 723 g/mol. The van der Waals surface area contributed by atoms with Crippen molar-refractivity contribution in [1.29, 1.82) is 0 Å². The summed E-state index contributed by atoms with van der Waals surface area (Å²) in [5.41, 5.74) is 14.3. The standard InChI is InChI=1S/2C19H19.C2H5.3CH3.Hf.H2Si/c2*1-19(2,3)16-12-10-15(11-13-16)18-9-5-7-14-6-4-8-17(14)18;1-2;;;;;/h2*4-13H,1-3H3;1H2,2H3;3*1H3;;1H2. The van der Waals surface area contributed by atoms with E-state index in [1.165, 1.54) is 59.8 Å². The van der Waals surface area contributed by atoms with Crippen LogP contribution in [0, 0.1) is 0 Å². The summed E-state index contributed by atoms with van der Waals surface area (Å²) in [6, 6.07) is 32.7. The van der Waals surface area contributed by atoms with Gasteiger partial charge in [0.2, 0.25) is 0 Å². The van der Waals surface area contributed by atoms with Gasteiger partial charge in [-0.25, -0.2) is 0 Å². The number of allylic oxidation sites excluding steroid dienone is 2. The van der Waals surface area contributed by atoms with Crippen LogP contribution in [0.4, 0.5) is 0 Å². The summed E-state index contributed by atoms with van der Waals surface area (Å²) in [4.78, 5) is 0. The first-order chi connectivity index (χ1) is 20.7. The van der Waals surface area contributed by atoms with Gasteiger partial charge in [0.25, 0.3) is 0 Å². The van der Waals surface area contributed by atoms with Gasteiger partial charge in [0.15, 0.2) is 0 Å². The van der Waals surface area contributed by atoms with Crippen LogP contribution >= 0.6 is 0 Å². The minimum absolute atomic E-state index is 0.151. The van der Waals surface area contributed by atoms with Gasteiger partial charge in [0, 0.05) is 0 Å². The molecule has 234 valence electrons. The van der Waals surface area contributed by atoms with Crippen LogP contribution in [0.3, 0.4) is 0 Å².